The van der Waals surface area contributed by atoms with Gasteiger partial charge in [-0.2, -0.15) is 15.0 Å². The maximum Gasteiger partial charge on any atom is 0.235 e. The number of hydrogen-bond acceptors (Lipinski definition) is 5. The topological polar surface area (TPSA) is 51.1 Å². The minimum absolute atomic E-state index is 0.0812. The van der Waals surface area contributed by atoms with Crippen LogP contribution in [0.15, 0.2) is 24.3 Å². The van der Waals surface area contributed by atoms with E-state index < -0.39 is 0 Å². The zero-order chi connectivity index (χ0) is 13.2. The predicted molar refractivity (Wildman–Crippen MR) is 73.4 cm³/mol. The molecule has 1 aliphatic heterocycles. The molecule has 0 radical (unpaired) electrons. The molecule has 7 heteroatoms. The van der Waals surface area contributed by atoms with Gasteiger partial charge < -0.3 is 9.64 Å². The predicted octanol–water partition coefficient (Wildman–Crippen LogP) is 3.10. The molecule has 1 aliphatic rings. The van der Waals surface area contributed by atoms with E-state index in [9.17, 15) is 0 Å². The molecule has 2 aromatic rings. The molecule has 19 heavy (non-hydrogen) atoms. The van der Waals surface area contributed by atoms with Gasteiger partial charge in [-0.15, -0.1) is 0 Å². The molecule has 0 fully saturated rings. The molecule has 3 rings (SSSR count). The van der Waals surface area contributed by atoms with Gasteiger partial charge in [-0.25, -0.2) is 0 Å². The van der Waals surface area contributed by atoms with Crippen LogP contribution in [0, 0.1) is 0 Å². The quantitative estimate of drug-likeness (QED) is 0.809. The van der Waals surface area contributed by atoms with E-state index in [-0.39, 0.29) is 10.6 Å². The van der Waals surface area contributed by atoms with Gasteiger partial charge in [0, 0.05) is 6.54 Å². The summed E-state index contributed by atoms with van der Waals surface area (Å²) in [6, 6.07) is 7.73. The van der Waals surface area contributed by atoms with E-state index in [1.165, 1.54) is 0 Å². The van der Waals surface area contributed by atoms with Crippen LogP contribution in [0.3, 0.4) is 0 Å². The summed E-state index contributed by atoms with van der Waals surface area (Å²) in [6.45, 7) is 1.38. The molecule has 0 unspecified atom stereocenters. The lowest BCUT2D eigenvalue weighted by Gasteiger charge is -2.21. The van der Waals surface area contributed by atoms with Crippen LogP contribution in [0.2, 0.25) is 10.6 Å². The number of para-hydroxylation sites is 2. The lowest BCUT2D eigenvalue weighted by molar-refractivity contribution is 0.322. The minimum atomic E-state index is 0.0812. The van der Waals surface area contributed by atoms with Crippen molar-refractivity contribution in [1.82, 2.24) is 15.0 Å². The van der Waals surface area contributed by atoms with E-state index in [4.69, 9.17) is 27.9 Å². The molecule has 0 aliphatic carbocycles. The molecule has 0 spiro atoms. The first-order valence-corrected chi connectivity index (χ1v) is 6.56. The average molecular weight is 297 g/mol. The Morgan fingerprint density at radius 2 is 1.79 bits per heavy atom. The number of aromatic nitrogens is 3. The third-order valence-electron chi connectivity index (χ3n) is 2.75. The molecule has 0 saturated heterocycles. The highest BCUT2D eigenvalue weighted by molar-refractivity contribution is 6.31. The van der Waals surface area contributed by atoms with Crippen molar-refractivity contribution in [1.29, 1.82) is 0 Å². The largest absolute Gasteiger partial charge is 0.491 e. The SMILES string of the molecule is Clc1nc(Cl)nc(N2CCCOc3ccccc32)n1. The Kier molecular flexibility index (Phi) is 3.40. The molecule has 2 heterocycles. The molecule has 1 aromatic carbocycles. The van der Waals surface area contributed by atoms with E-state index in [0.717, 1.165) is 24.4 Å². The summed E-state index contributed by atoms with van der Waals surface area (Å²) < 4.78 is 5.68. The highest BCUT2D eigenvalue weighted by Gasteiger charge is 2.20. The Morgan fingerprint density at radius 3 is 2.58 bits per heavy atom. The molecule has 5 nitrogen and oxygen atoms in total. The molecule has 0 bridgehead atoms. The minimum Gasteiger partial charge on any atom is -0.491 e. The summed E-state index contributed by atoms with van der Waals surface area (Å²) in [7, 11) is 0. The van der Waals surface area contributed by atoms with E-state index in [0.29, 0.717) is 12.6 Å². The van der Waals surface area contributed by atoms with Crippen molar-refractivity contribution in [2.75, 3.05) is 18.1 Å². The normalized spacial score (nSPS) is 14.5. The molecule has 0 atom stereocenters. The van der Waals surface area contributed by atoms with Crippen LogP contribution in [0.1, 0.15) is 6.42 Å². The van der Waals surface area contributed by atoms with E-state index in [1.807, 2.05) is 29.2 Å². The van der Waals surface area contributed by atoms with Gasteiger partial charge in [0.15, 0.2) is 0 Å². The monoisotopic (exact) mass is 296 g/mol. The fourth-order valence-corrected chi connectivity index (χ4v) is 2.33. The van der Waals surface area contributed by atoms with Crippen LogP contribution in [0.5, 0.6) is 5.75 Å². The molecular weight excluding hydrogens is 287 g/mol. The Labute approximate surface area is 120 Å². The standard InChI is InChI=1S/C12H10Cl2N4O/c13-10-15-11(14)17-12(16-10)18-6-3-7-19-9-5-2-1-4-8(9)18/h1-2,4-5H,3,6-7H2. The number of hydrogen-bond donors (Lipinski definition) is 0. The molecule has 0 amide bonds. The van der Waals surface area contributed by atoms with Crippen molar-refractivity contribution in [3.63, 3.8) is 0 Å². The first-order valence-electron chi connectivity index (χ1n) is 5.80. The van der Waals surface area contributed by atoms with Crippen molar-refractivity contribution < 1.29 is 4.74 Å². The van der Waals surface area contributed by atoms with Gasteiger partial charge in [-0.3, -0.25) is 0 Å². The first kappa shape index (κ1) is 12.4. The van der Waals surface area contributed by atoms with Crippen LogP contribution in [0.4, 0.5) is 11.6 Å². The zero-order valence-corrected chi connectivity index (χ0v) is 11.4. The maximum absolute atomic E-state index is 5.83. The van der Waals surface area contributed by atoms with Gasteiger partial charge in [0.05, 0.1) is 12.3 Å². The van der Waals surface area contributed by atoms with E-state index in [2.05, 4.69) is 15.0 Å². The lowest BCUT2D eigenvalue weighted by atomic mass is 10.2. The second kappa shape index (κ2) is 5.19. The van der Waals surface area contributed by atoms with Gasteiger partial charge in [0.2, 0.25) is 16.5 Å². The molecule has 0 saturated carbocycles. The van der Waals surface area contributed by atoms with Crippen LogP contribution in [0.25, 0.3) is 0 Å². The van der Waals surface area contributed by atoms with Crippen molar-refractivity contribution in [2.45, 2.75) is 6.42 Å². The lowest BCUT2D eigenvalue weighted by Crippen LogP contribution is -2.20. The molecule has 98 valence electrons. The Hall–Kier alpha value is -1.59. The van der Waals surface area contributed by atoms with Crippen molar-refractivity contribution in [2.24, 2.45) is 0 Å². The summed E-state index contributed by atoms with van der Waals surface area (Å²) >= 11 is 11.7. The zero-order valence-electron chi connectivity index (χ0n) is 9.88. The van der Waals surface area contributed by atoms with Gasteiger partial charge in [-0.1, -0.05) is 12.1 Å². The summed E-state index contributed by atoms with van der Waals surface area (Å²) in [5, 5.41) is 0.162. The van der Waals surface area contributed by atoms with Gasteiger partial charge in [-0.05, 0) is 41.8 Å². The van der Waals surface area contributed by atoms with Gasteiger partial charge in [0.25, 0.3) is 0 Å². The van der Waals surface area contributed by atoms with Crippen molar-refractivity contribution in [3.05, 3.63) is 34.8 Å². The number of nitrogens with zero attached hydrogens (tertiary/aromatic N) is 4. The number of halogens is 2. The van der Waals surface area contributed by atoms with Crippen LogP contribution in [-0.2, 0) is 0 Å². The smallest absolute Gasteiger partial charge is 0.235 e. The van der Waals surface area contributed by atoms with Crippen LogP contribution in [-0.4, -0.2) is 28.1 Å². The van der Waals surface area contributed by atoms with Crippen molar-refractivity contribution >= 4 is 34.8 Å². The molecule has 1 aromatic heterocycles. The summed E-state index contributed by atoms with van der Waals surface area (Å²) in [5.74, 6) is 1.23. The highest BCUT2D eigenvalue weighted by Crippen LogP contribution is 2.34. The fourth-order valence-electron chi connectivity index (χ4n) is 1.97. The maximum atomic E-state index is 5.83. The number of anilines is 2. The molecule has 0 N–H and O–H groups in total. The van der Waals surface area contributed by atoms with Crippen molar-refractivity contribution in [3.8, 4) is 5.75 Å². The molecular formula is C12H10Cl2N4O. The first-order chi connectivity index (χ1) is 9.24. The third-order valence-corrected chi connectivity index (χ3v) is 3.09. The summed E-state index contributed by atoms with van der Waals surface area (Å²) in [6.07, 6.45) is 0.857. The summed E-state index contributed by atoms with van der Waals surface area (Å²) in [4.78, 5) is 13.9. The van der Waals surface area contributed by atoms with Gasteiger partial charge >= 0.3 is 0 Å². The Morgan fingerprint density at radius 1 is 1.05 bits per heavy atom. The van der Waals surface area contributed by atoms with Gasteiger partial charge in [0.1, 0.15) is 5.75 Å². The average Bonchev–Trinajstić information content (AvgIpc) is 2.59. The number of fused-ring (bicyclic) bond motifs is 1. The highest BCUT2D eigenvalue weighted by atomic mass is 35.5. The second-order valence-corrected chi connectivity index (χ2v) is 4.67. The number of benzene rings is 1. The third kappa shape index (κ3) is 2.57. The number of rotatable bonds is 1. The van der Waals surface area contributed by atoms with Crippen LogP contribution >= 0.6 is 23.2 Å². The second-order valence-electron chi connectivity index (χ2n) is 3.99. The Balaban J connectivity index is 2.09. The summed E-state index contributed by atoms with van der Waals surface area (Å²) in [5.41, 5.74) is 0.901. The van der Waals surface area contributed by atoms with E-state index >= 15 is 0 Å². The fraction of sp³-hybridized carbons (Fsp3) is 0.250. The van der Waals surface area contributed by atoms with Crippen LogP contribution < -0.4 is 9.64 Å². The van der Waals surface area contributed by atoms with E-state index in [1.54, 1.807) is 0 Å². The number of ether oxygens (including phenoxy) is 1. The Bertz CT molecular complexity index is 588.